The molecule has 0 aliphatic rings. The highest BCUT2D eigenvalue weighted by Gasteiger charge is 2.14. The van der Waals surface area contributed by atoms with Crippen molar-refractivity contribution in [2.24, 2.45) is 5.73 Å². The van der Waals surface area contributed by atoms with Crippen molar-refractivity contribution in [1.29, 1.82) is 0 Å². The van der Waals surface area contributed by atoms with Gasteiger partial charge < -0.3 is 5.73 Å². The second-order valence-corrected chi connectivity index (χ2v) is 5.82. The molecule has 2 aromatic rings. The molecule has 1 nitrogen and oxygen atoms in total. The third kappa shape index (κ3) is 2.40. The van der Waals surface area contributed by atoms with Crippen LogP contribution in [0.2, 0.25) is 0 Å². The van der Waals surface area contributed by atoms with Crippen LogP contribution in [-0.2, 0) is 0 Å². The fraction of sp³-hybridized carbons (Fsp3) is 0.286. The molecular weight excluding hydrogens is 233 g/mol. The minimum atomic E-state index is -0.181. The van der Waals surface area contributed by atoms with Crippen LogP contribution in [0.25, 0.3) is 0 Å². The topological polar surface area (TPSA) is 26.0 Å². The summed E-state index contributed by atoms with van der Waals surface area (Å²) in [6, 6.07) is 7.02. The lowest BCUT2D eigenvalue weighted by molar-refractivity contribution is 0.617. The Morgan fingerprint density at radius 3 is 2.41 bits per heavy atom. The number of halogens is 1. The van der Waals surface area contributed by atoms with Crippen LogP contribution in [0.4, 0.5) is 4.39 Å². The smallest absolute Gasteiger partial charge is 0.126 e. The van der Waals surface area contributed by atoms with E-state index >= 15 is 0 Å². The maximum atomic E-state index is 13.2. The Kier molecular flexibility index (Phi) is 3.31. The molecule has 1 heterocycles. The SMILES string of the molecule is Cc1cc(C(N)c2ccc(F)c(C)c2)c(C)s1. The molecule has 0 spiro atoms. The van der Waals surface area contributed by atoms with Crippen LogP contribution in [0.15, 0.2) is 24.3 Å². The van der Waals surface area contributed by atoms with Gasteiger partial charge in [-0.3, -0.25) is 0 Å². The van der Waals surface area contributed by atoms with E-state index in [1.165, 1.54) is 15.8 Å². The normalized spacial score (nSPS) is 12.8. The Morgan fingerprint density at radius 2 is 1.88 bits per heavy atom. The first-order chi connectivity index (χ1) is 7.99. The number of thiophene rings is 1. The summed E-state index contributed by atoms with van der Waals surface area (Å²) in [7, 11) is 0. The predicted octanol–water partition coefficient (Wildman–Crippen LogP) is 3.86. The first-order valence-corrected chi connectivity index (χ1v) is 6.39. The summed E-state index contributed by atoms with van der Waals surface area (Å²) < 4.78 is 13.2. The molecular formula is C14H16FNS. The second-order valence-electron chi connectivity index (χ2n) is 4.35. The van der Waals surface area contributed by atoms with Crippen molar-refractivity contribution in [3.63, 3.8) is 0 Å². The summed E-state index contributed by atoms with van der Waals surface area (Å²) in [6.07, 6.45) is 0. The molecule has 0 aliphatic carbocycles. The number of hydrogen-bond acceptors (Lipinski definition) is 2. The molecule has 0 amide bonds. The zero-order chi connectivity index (χ0) is 12.6. The van der Waals surface area contributed by atoms with E-state index in [2.05, 4.69) is 19.9 Å². The van der Waals surface area contributed by atoms with Gasteiger partial charge in [-0.2, -0.15) is 0 Å². The van der Waals surface area contributed by atoms with Crippen LogP contribution in [0, 0.1) is 26.6 Å². The third-order valence-electron chi connectivity index (χ3n) is 2.96. The van der Waals surface area contributed by atoms with Gasteiger partial charge in [0.2, 0.25) is 0 Å². The van der Waals surface area contributed by atoms with Gasteiger partial charge in [0.05, 0.1) is 6.04 Å². The molecule has 0 radical (unpaired) electrons. The molecule has 0 saturated heterocycles. The highest BCUT2D eigenvalue weighted by atomic mass is 32.1. The molecule has 1 atom stereocenters. The van der Waals surface area contributed by atoms with Gasteiger partial charge in [-0.1, -0.05) is 12.1 Å². The van der Waals surface area contributed by atoms with Gasteiger partial charge in [0.15, 0.2) is 0 Å². The molecule has 17 heavy (non-hydrogen) atoms. The van der Waals surface area contributed by atoms with E-state index in [4.69, 9.17) is 5.73 Å². The molecule has 90 valence electrons. The Balaban J connectivity index is 2.40. The van der Waals surface area contributed by atoms with Crippen molar-refractivity contribution in [1.82, 2.24) is 0 Å². The van der Waals surface area contributed by atoms with Gasteiger partial charge in [0.1, 0.15) is 5.82 Å². The monoisotopic (exact) mass is 249 g/mol. The van der Waals surface area contributed by atoms with Gasteiger partial charge in [-0.25, -0.2) is 4.39 Å². The average Bonchev–Trinajstić information content (AvgIpc) is 2.61. The standard InChI is InChI=1S/C14H16FNS/c1-8-6-11(4-5-13(8)15)14(16)12-7-9(2)17-10(12)3/h4-7,14H,16H2,1-3H3. The highest BCUT2D eigenvalue weighted by molar-refractivity contribution is 7.12. The summed E-state index contributed by atoms with van der Waals surface area (Å²) >= 11 is 1.75. The molecule has 0 fully saturated rings. The van der Waals surface area contributed by atoms with Gasteiger partial charge in [-0.05, 0) is 49.6 Å². The lowest BCUT2D eigenvalue weighted by Gasteiger charge is -2.13. The first-order valence-electron chi connectivity index (χ1n) is 5.57. The fourth-order valence-corrected chi connectivity index (χ4v) is 2.97. The van der Waals surface area contributed by atoms with Crippen LogP contribution in [0.3, 0.4) is 0 Å². The summed E-state index contributed by atoms with van der Waals surface area (Å²) in [4.78, 5) is 2.49. The first kappa shape index (κ1) is 12.3. The summed E-state index contributed by atoms with van der Waals surface area (Å²) in [5.74, 6) is -0.181. The Hall–Kier alpha value is -1.19. The van der Waals surface area contributed by atoms with Crippen LogP contribution in [0.1, 0.15) is 32.5 Å². The average molecular weight is 249 g/mol. The Labute approximate surface area is 105 Å². The van der Waals surface area contributed by atoms with Crippen LogP contribution in [0.5, 0.6) is 0 Å². The Bertz CT molecular complexity index is 545. The summed E-state index contributed by atoms with van der Waals surface area (Å²) in [5.41, 5.74) is 8.98. The highest BCUT2D eigenvalue weighted by Crippen LogP contribution is 2.29. The summed E-state index contributed by atoms with van der Waals surface area (Å²) in [6.45, 7) is 5.91. The molecule has 3 heteroatoms. The molecule has 0 saturated carbocycles. The van der Waals surface area contributed by atoms with E-state index in [1.807, 2.05) is 6.07 Å². The molecule has 1 unspecified atom stereocenters. The molecule has 0 aliphatic heterocycles. The minimum absolute atomic E-state index is 0.167. The zero-order valence-corrected chi connectivity index (χ0v) is 11.1. The van der Waals surface area contributed by atoms with Crippen molar-refractivity contribution < 1.29 is 4.39 Å². The Morgan fingerprint density at radius 1 is 1.18 bits per heavy atom. The maximum Gasteiger partial charge on any atom is 0.126 e. The molecule has 1 aromatic carbocycles. The maximum absolute atomic E-state index is 13.2. The van der Waals surface area contributed by atoms with Gasteiger partial charge in [-0.15, -0.1) is 11.3 Å². The molecule has 2 N–H and O–H groups in total. The number of nitrogens with two attached hydrogens (primary N) is 1. The quantitative estimate of drug-likeness (QED) is 0.859. The number of rotatable bonds is 2. The largest absolute Gasteiger partial charge is 0.320 e. The lowest BCUT2D eigenvalue weighted by Crippen LogP contribution is -2.12. The van der Waals surface area contributed by atoms with Gasteiger partial charge >= 0.3 is 0 Å². The predicted molar refractivity (Wildman–Crippen MR) is 71.0 cm³/mol. The van der Waals surface area contributed by atoms with Gasteiger partial charge in [0, 0.05) is 9.75 Å². The van der Waals surface area contributed by atoms with Crippen LogP contribution < -0.4 is 5.73 Å². The number of aryl methyl sites for hydroxylation is 3. The summed E-state index contributed by atoms with van der Waals surface area (Å²) in [5, 5.41) is 0. The van der Waals surface area contributed by atoms with E-state index in [0.29, 0.717) is 5.56 Å². The van der Waals surface area contributed by atoms with Crippen molar-refractivity contribution in [2.45, 2.75) is 26.8 Å². The van der Waals surface area contributed by atoms with E-state index in [0.717, 1.165) is 11.1 Å². The van der Waals surface area contributed by atoms with E-state index in [1.54, 1.807) is 24.3 Å². The van der Waals surface area contributed by atoms with Crippen LogP contribution >= 0.6 is 11.3 Å². The van der Waals surface area contributed by atoms with Crippen molar-refractivity contribution in [2.75, 3.05) is 0 Å². The number of benzene rings is 1. The van der Waals surface area contributed by atoms with Crippen molar-refractivity contribution in [3.05, 3.63) is 56.5 Å². The van der Waals surface area contributed by atoms with E-state index in [-0.39, 0.29) is 11.9 Å². The third-order valence-corrected chi connectivity index (χ3v) is 3.94. The fourth-order valence-electron chi connectivity index (χ4n) is 2.00. The van der Waals surface area contributed by atoms with Crippen LogP contribution in [-0.4, -0.2) is 0 Å². The molecule has 1 aromatic heterocycles. The minimum Gasteiger partial charge on any atom is -0.320 e. The van der Waals surface area contributed by atoms with E-state index < -0.39 is 0 Å². The van der Waals surface area contributed by atoms with E-state index in [9.17, 15) is 4.39 Å². The molecule has 0 bridgehead atoms. The molecule has 2 rings (SSSR count). The van der Waals surface area contributed by atoms with Crippen molar-refractivity contribution >= 4 is 11.3 Å². The number of hydrogen-bond donors (Lipinski definition) is 1. The lowest BCUT2D eigenvalue weighted by atomic mass is 9.98. The second kappa shape index (κ2) is 4.59. The van der Waals surface area contributed by atoms with Gasteiger partial charge in [0.25, 0.3) is 0 Å². The van der Waals surface area contributed by atoms with Crippen molar-refractivity contribution in [3.8, 4) is 0 Å². The zero-order valence-electron chi connectivity index (χ0n) is 10.3.